The van der Waals surface area contributed by atoms with E-state index in [0.717, 1.165) is 32.5 Å². The van der Waals surface area contributed by atoms with Crippen LogP contribution in [0.3, 0.4) is 0 Å². The second-order valence-corrected chi connectivity index (χ2v) is 7.59. The minimum atomic E-state index is -0.304. The minimum Gasteiger partial charge on any atom is -0.369 e. The molecule has 0 aliphatic carbocycles. The number of thioether (sulfide) groups is 1. The lowest BCUT2D eigenvalue weighted by molar-refractivity contribution is -0.130. The number of aryl methyl sites for hydroxylation is 1. The Morgan fingerprint density at radius 2 is 2.09 bits per heavy atom. The van der Waals surface area contributed by atoms with Gasteiger partial charge in [-0.1, -0.05) is 17.7 Å². The van der Waals surface area contributed by atoms with Gasteiger partial charge in [0.05, 0.1) is 11.8 Å². The molecule has 1 saturated heterocycles. The molecule has 0 bridgehead atoms. The predicted molar refractivity (Wildman–Crippen MR) is 91.4 cm³/mol. The zero-order chi connectivity index (χ0) is 16.4. The van der Waals surface area contributed by atoms with Gasteiger partial charge in [-0.3, -0.25) is 14.5 Å². The van der Waals surface area contributed by atoms with E-state index in [-0.39, 0.29) is 23.6 Å². The van der Waals surface area contributed by atoms with E-state index in [1.54, 1.807) is 11.8 Å². The molecule has 2 aliphatic rings. The van der Waals surface area contributed by atoms with Crippen molar-refractivity contribution in [3.05, 3.63) is 29.3 Å². The molecule has 124 valence electrons. The van der Waals surface area contributed by atoms with Gasteiger partial charge in [-0.15, -0.1) is 11.8 Å². The van der Waals surface area contributed by atoms with Crippen LogP contribution in [0.25, 0.3) is 0 Å². The summed E-state index contributed by atoms with van der Waals surface area (Å²) in [6, 6.07) is 6.42. The second kappa shape index (κ2) is 6.93. The molecule has 23 heavy (non-hydrogen) atoms. The third-order valence-corrected chi connectivity index (χ3v) is 5.74. The summed E-state index contributed by atoms with van der Waals surface area (Å²) < 4.78 is 0. The van der Waals surface area contributed by atoms with E-state index in [1.807, 2.05) is 9.80 Å². The Kier molecular flexibility index (Phi) is 4.92. The Morgan fingerprint density at radius 3 is 2.87 bits per heavy atom. The molecule has 0 saturated carbocycles. The van der Waals surface area contributed by atoms with Crippen molar-refractivity contribution >= 4 is 23.6 Å². The van der Waals surface area contributed by atoms with Gasteiger partial charge in [-0.05, 0) is 31.4 Å². The molecule has 2 heterocycles. The summed E-state index contributed by atoms with van der Waals surface area (Å²) in [4.78, 5) is 29.1. The molecule has 2 amide bonds. The second-order valence-electron chi connectivity index (χ2n) is 6.34. The van der Waals surface area contributed by atoms with Gasteiger partial charge in [0.15, 0.2) is 0 Å². The van der Waals surface area contributed by atoms with Crippen LogP contribution < -0.4 is 5.73 Å². The molecule has 6 heteroatoms. The smallest absolute Gasteiger partial charge is 0.236 e. The molecule has 1 atom stereocenters. The lowest BCUT2D eigenvalue weighted by atomic mass is 10.1. The fourth-order valence-corrected chi connectivity index (χ4v) is 4.62. The van der Waals surface area contributed by atoms with Gasteiger partial charge < -0.3 is 10.6 Å². The molecule has 2 aliphatic heterocycles. The van der Waals surface area contributed by atoms with Crippen LogP contribution >= 0.6 is 11.8 Å². The largest absolute Gasteiger partial charge is 0.369 e. The molecule has 0 spiro atoms. The van der Waals surface area contributed by atoms with Crippen LogP contribution in [0.1, 0.15) is 17.5 Å². The summed E-state index contributed by atoms with van der Waals surface area (Å²) in [5.41, 5.74) is 7.78. The summed E-state index contributed by atoms with van der Waals surface area (Å²) in [5, 5.41) is -0.00510. The molecule has 0 unspecified atom stereocenters. The molecular weight excluding hydrogens is 310 g/mol. The number of carbonyl (C=O) groups excluding carboxylic acids is 2. The van der Waals surface area contributed by atoms with Crippen LogP contribution in [0.2, 0.25) is 0 Å². The number of amides is 2. The summed E-state index contributed by atoms with van der Waals surface area (Å²) in [6.45, 7) is 5.35. The highest BCUT2D eigenvalue weighted by Crippen LogP contribution is 2.38. The maximum Gasteiger partial charge on any atom is 0.236 e. The van der Waals surface area contributed by atoms with Crippen molar-refractivity contribution in [2.45, 2.75) is 29.9 Å². The summed E-state index contributed by atoms with van der Waals surface area (Å²) in [6.07, 6.45) is 1.71. The van der Waals surface area contributed by atoms with Crippen LogP contribution in [0.15, 0.2) is 23.1 Å². The van der Waals surface area contributed by atoms with Gasteiger partial charge in [0, 0.05) is 31.1 Å². The molecule has 1 fully saturated rings. The van der Waals surface area contributed by atoms with Gasteiger partial charge in [0.1, 0.15) is 0 Å². The van der Waals surface area contributed by atoms with Gasteiger partial charge in [-0.25, -0.2) is 0 Å². The van der Waals surface area contributed by atoms with E-state index >= 15 is 0 Å². The maximum atomic E-state index is 12.8. The minimum absolute atomic E-state index is 0.00510. The van der Waals surface area contributed by atoms with E-state index in [4.69, 9.17) is 5.73 Å². The fraction of sp³-hybridized carbons (Fsp3) is 0.529. The number of nitrogens with two attached hydrogens (primary N) is 1. The Morgan fingerprint density at radius 1 is 1.26 bits per heavy atom. The van der Waals surface area contributed by atoms with Crippen LogP contribution in [-0.4, -0.2) is 59.6 Å². The van der Waals surface area contributed by atoms with Gasteiger partial charge in [-0.2, -0.15) is 0 Å². The average Bonchev–Trinajstić information content (AvgIpc) is 2.78. The third-order valence-electron chi connectivity index (χ3n) is 4.45. The molecule has 1 aromatic rings. The highest BCUT2D eigenvalue weighted by atomic mass is 32.2. The number of hydrogen-bond donors (Lipinski definition) is 1. The third kappa shape index (κ3) is 3.87. The first-order chi connectivity index (χ1) is 11.0. The van der Waals surface area contributed by atoms with Crippen LogP contribution in [0.4, 0.5) is 0 Å². The van der Waals surface area contributed by atoms with Gasteiger partial charge in [0.2, 0.25) is 11.8 Å². The normalized spacial score (nSPS) is 21.8. The number of fused-ring (bicyclic) bond motifs is 1. The van der Waals surface area contributed by atoms with Crippen molar-refractivity contribution in [2.75, 3.05) is 32.7 Å². The van der Waals surface area contributed by atoms with Crippen molar-refractivity contribution in [1.82, 2.24) is 9.80 Å². The predicted octanol–water partition coefficient (Wildman–Crippen LogP) is 1.03. The van der Waals surface area contributed by atoms with E-state index in [9.17, 15) is 9.59 Å². The lowest BCUT2D eigenvalue weighted by Crippen LogP contribution is -2.41. The van der Waals surface area contributed by atoms with Crippen molar-refractivity contribution in [2.24, 2.45) is 5.73 Å². The molecule has 0 radical (unpaired) electrons. The van der Waals surface area contributed by atoms with Gasteiger partial charge >= 0.3 is 0 Å². The first kappa shape index (κ1) is 16.3. The zero-order valence-corrected chi connectivity index (χ0v) is 14.3. The fourth-order valence-electron chi connectivity index (χ4n) is 3.25. The summed E-state index contributed by atoms with van der Waals surface area (Å²) >= 11 is 1.69. The number of primary amides is 1. The molecule has 2 N–H and O–H groups in total. The van der Waals surface area contributed by atoms with Crippen LogP contribution in [0, 0.1) is 6.92 Å². The molecule has 5 nitrogen and oxygen atoms in total. The van der Waals surface area contributed by atoms with Crippen molar-refractivity contribution < 1.29 is 9.59 Å². The standard InChI is InChI=1S/C17H23N3O2S/c1-12-3-4-13-10-15(23-14(13)9-12)17(22)20-6-2-5-19(7-8-20)11-16(18)21/h3-4,9,15H,2,5-8,10-11H2,1H3,(H2,18,21)/t15-/m0/s1. The Balaban J connectivity index is 1.60. The van der Waals surface area contributed by atoms with Crippen molar-refractivity contribution in [3.8, 4) is 0 Å². The van der Waals surface area contributed by atoms with Crippen molar-refractivity contribution in [1.29, 1.82) is 0 Å². The molecular formula is C17H23N3O2S. The van der Waals surface area contributed by atoms with Gasteiger partial charge in [0.25, 0.3) is 0 Å². The van der Waals surface area contributed by atoms with Crippen molar-refractivity contribution in [3.63, 3.8) is 0 Å². The highest BCUT2D eigenvalue weighted by molar-refractivity contribution is 8.01. The summed E-state index contributed by atoms with van der Waals surface area (Å²) in [5.74, 6) is -0.0771. The first-order valence-corrected chi connectivity index (χ1v) is 8.96. The van der Waals surface area contributed by atoms with E-state index in [2.05, 4.69) is 25.1 Å². The zero-order valence-electron chi connectivity index (χ0n) is 13.5. The molecule has 0 aromatic heterocycles. The van der Waals surface area contributed by atoms with Crippen LogP contribution in [0.5, 0.6) is 0 Å². The highest BCUT2D eigenvalue weighted by Gasteiger charge is 2.32. The number of hydrogen-bond acceptors (Lipinski definition) is 4. The van der Waals surface area contributed by atoms with E-state index < -0.39 is 0 Å². The monoisotopic (exact) mass is 333 g/mol. The average molecular weight is 333 g/mol. The Labute approximate surface area is 141 Å². The van der Waals surface area contributed by atoms with E-state index in [1.165, 1.54) is 16.0 Å². The summed E-state index contributed by atoms with van der Waals surface area (Å²) in [7, 11) is 0. The first-order valence-electron chi connectivity index (χ1n) is 8.08. The molecule has 1 aromatic carbocycles. The number of nitrogens with zero attached hydrogens (tertiary/aromatic N) is 2. The maximum absolute atomic E-state index is 12.8. The quantitative estimate of drug-likeness (QED) is 0.897. The Bertz CT molecular complexity index is 620. The molecule has 3 rings (SSSR count). The topological polar surface area (TPSA) is 66.6 Å². The van der Waals surface area contributed by atoms with Crippen LogP contribution in [-0.2, 0) is 16.0 Å². The number of rotatable bonds is 3. The Hall–Kier alpha value is -1.53. The van der Waals surface area contributed by atoms with E-state index in [0.29, 0.717) is 6.54 Å². The SMILES string of the molecule is Cc1ccc2c(c1)S[C@H](C(=O)N1CCCN(CC(N)=O)CC1)C2. The number of benzene rings is 1. The lowest BCUT2D eigenvalue weighted by Gasteiger charge is -2.23. The number of carbonyl (C=O) groups is 2.